The lowest BCUT2D eigenvalue weighted by molar-refractivity contribution is -0.384. The second kappa shape index (κ2) is 11.3. The fraction of sp³-hybridized carbons (Fsp3) is 0.120. The summed E-state index contributed by atoms with van der Waals surface area (Å²) >= 11 is 0. The van der Waals surface area contributed by atoms with E-state index >= 15 is 0 Å². The Balaban J connectivity index is 1.56. The molecule has 0 bridgehead atoms. The molecule has 0 heterocycles. The molecule has 0 saturated carbocycles. The van der Waals surface area contributed by atoms with Crippen molar-refractivity contribution in [1.82, 2.24) is 5.32 Å². The second-order valence-corrected chi connectivity index (χ2v) is 7.40. The van der Waals surface area contributed by atoms with Gasteiger partial charge < -0.3 is 15.4 Å². The Morgan fingerprint density at radius 2 is 1.57 bits per heavy atom. The molecule has 1 unspecified atom stereocenters. The third kappa shape index (κ3) is 6.57. The molecule has 0 radical (unpaired) electrons. The average Bonchev–Trinajstić information content (AvgIpc) is 2.87. The van der Waals surface area contributed by atoms with Gasteiger partial charge in [-0.1, -0.05) is 48.5 Å². The first-order valence-electron chi connectivity index (χ1n) is 10.5. The Kier molecular flexibility index (Phi) is 8.02. The Hall–Kier alpha value is -4.86. The van der Waals surface area contributed by atoms with Gasteiger partial charge in [0.15, 0.2) is 12.4 Å². The highest BCUT2D eigenvalue weighted by Crippen LogP contribution is 2.19. The maximum absolute atomic E-state index is 12.8. The molecule has 1 atom stereocenters. The van der Waals surface area contributed by atoms with Crippen LogP contribution in [-0.4, -0.2) is 41.1 Å². The van der Waals surface area contributed by atoms with Gasteiger partial charge >= 0.3 is 5.97 Å². The summed E-state index contributed by atoms with van der Waals surface area (Å²) in [7, 11) is 0. The van der Waals surface area contributed by atoms with E-state index in [-0.39, 0.29) is 28.3 Å². The van der Waals surface area contributed by atoms with Crippen molar-refractivity contribution in [2.24, 2.45) is 0 Å². The largest absolute Gasteiger partial charge is 0.454 e. The molecule has 10 nitrogen and oxygen atoms in total. The predicted octanol–water partition coefficient (Wildman–Crippen LogP) is 3.13. The second-order valence-electron chi connectivity index (χ2n) is 7.40. The average molecular weight is 475 g/mol. The van der Waals surface area contributed by atoms with Gasteiger partial charge in [-0.2, -0.15) is 0 Å². The standard InChI is InChI=1S/C25H21N3O7/c1-16(26-24(31)18-10-7-11-19(14-18)28(33)34)25(32)35-15-22(29)27-21-13-6-5-12-20(21)23(30)17-8-3-2-4-9-17/h2-14,16H,15H2,1H3,(H,26,31)(H,27,29). The number of nitro groups is 1. The zero-order chi connectivity index (χ0) is 25.4. The first-order valence-corrected chi connectivity index (χ1v) is 10.5. The lowest BCUT2D eigenvalue weighted by Gasteiger charge is -2.14. The number of ether oxygens (including phenoxy) is 1. The molecule has 3 aromatic rings. The zero-order valence-electron chi connectivity index (χ0n) is 18.6. The van der Waals surface area contributed by atoms with Gasteiger partial charge in [0.25, 0.3) is 17.5 Å². The van der Waals surface area contributed by atoms with Crippen molar-refractivity contribution < 1.29 is 28.8 Å². The molecule has 0 aliphatic heterocycles. The fourth-order valence-electron chi connectivity index (χ4n) is 3.08. The topological polar surface area (TPSA) is 145 Å². The van der Waals surface area contributed by atoms with Crippen molar-refractivity contribution in [3.8, 4) is 0 Å². The summed E-state index contributed by atoms with van der Waals surface area (Å²) in [5, 5.41) is 15.8. The Morgan fingerprint density at radius 1 is 0.914 bits per heavy atom. The summed E-state index contributed by atoms with van der Waals surface area (Å²) in [6, 6.07) is 18.9. The van der Waals surface area contributed by atoms with Crippen LogP contribution >= 0.6 is 0 Å². The van der Waals surface area contributed by atoms with E-state index in [1.165, 1.54) is 25.1 Å². The number of hydrogen-bond acceptors (Lipinski definition) is 7. The highest BCUT2D eigenvalue weighted by Gasteiger charge is 2.21. The van der Waals surface area contributed by atoms with Crippen LogP contribution in [0.25, 0.3) is 0 Å². The van der Waals surface area contributed by atoms with Crippen LogP contribution in [0.4, 0.5) is 11.4 Å². The number of rotatable bonds is 9. The van der Waals surface area contributed by atoms with Crippen molar-refractivity contribution in [2.45, 2.75) is 13.0 Å². The van der Waals surface area contributed by atoms with Crippen LogP contribution in [0.1, 0.15) is 33.2 Å². The molecular weight excluding hydrogens is 454 g/mol. The molecule has 0 spiro atoms. The number of ketones is 1. The van der Waals surface area contributed by atoms with Gasteiger partial charge in [0.1, 0.15) is 6.04 Å². The number of anilines is 1. The maximum atomic E-state index is 12.8. The lowest BCUT2D eigenvalue weighted by Crippen LogP contribution is -2.40. The number of esters is 1. The van der Waals surface area contributed by atoms with E-state index in [1.54, 1.807) is 54.6 Å². The molecule has 3 aromatic carbocycles. The summed E-state index contributed by atoms with van der Waals surface area (Å²) < 4.78 is 4.96. The highest BCUT2D eigenvalue weighted by molar-refractivity contribution is 6.14. The normalized spacial score (nSPS) is 11.1. The minimum Gasteiger partial charge on any atom is -0.454 e. The molecule has 178 valence electrons. The van der Waals surface area contributed by atoms with Gasteiger partial charge in [0.05, 0.1) is 10.6 Å². The number of para-hydroxylation sites is 1. The van der Waals surface area contributed by atoms with Crippen molar-refractivity contribution in [3.63, 3.8) is 0 Å². The summed E-state index contributed by atoms with van der Waals surface area (Å²) in [5.74, 6) is -2.55. The highest BCUT2D eigenvalue weighted by atomic mass is 16.6. The van der Waals surface area contributed by atoms with Gasteiger partial charge in [-0.05, 0) is 25.1 Å². The van der Waals surface area contributed by atoms with E-state index in [4.69, 9.17) is 4.74 Å². The van der Waals surface area contributed by atoms with Crippen LogP contribution in [-0.2, 0) is 14.3 Å². The van der Waals surface area contributed by atoms with Gasteiger partial charge in [-0.15, -0.1) is 0 Å². The van der Waals surface area contributed by atoms with Crippen LogP contribution in [0.2, 0.25) is 0 Å². The van der Waals surface area contributed by atoms with Gasteiger partial charge in [0, 0.05) is 28.8 Å². The number of hydrogen-bond donors (Lipinski definition) is 2. The number of nitrogens with one attached hydrogen (secondary N) is 2. The number of carbonyl (C=O) groups is 4. The summed E-state index contributed by atoms with van der Waals surface area (Å²) in [6.45, 7) is 0.701. The van der Waals surface area contributed by atoms with E-state index in [0.717, 1.165) is 6.07 Å². The molecule has 3 rings (SSSR count). The van der Waals surface area contributed by atoms with E-state index in [2.05, 4.69) is 10.6 Å². The zero-order valence-corrected chi connectivity index (χ0v) is 18.6. The van der Waals surface area contributed by atoms with Crippen LogP contribution in [0.15, 0.2) is 78.9 Å². The van der Waals surface area contributed by atoms with Crippen LogP contribution in [0.5, 0.6) is 0 Å². The van der Waals surface area contributed by atoms with Crippen molar-refractivity contribution >= 4 is 34.9 Å². The third-order valence-electron chi connectivity index (χ3n) is 4.85. The lowest BCUT2D eigenvalue weighted by atomic mass is 10.0. The number of nitro benzene ring substituents is 1. The van der Waals surface area contributed by atoms with Crippen LogP contribution in [0, 0.1) is 10.1 Å². The van der Waals surface area contributed by atoms with E-state index in [0.29, 0.717) is 5.56 Å². The first-order chi connectivity index (χ1) is 16.8. The Labute approximate surface area is 200 Å². The van der Waals surface area contributed by atoms with Gasteiger partial charge in [0.2, 0.25) is 0 Å². The molecule has 10 heteroatoms. The molecule has 0 fully saturated rings. The number of non-ortho nitro benzene ring substituents is 1. The third-order valence-corrected chi connectivity index (χ3v) is 4.85. The minimum atomic E-state index is -1.12. The molecule has 35 heavy (non-hydrogen) atoms. The van der Waals surface area contributed by atoms with E-state index < -0.39 is 35.4 Å². The molecule has 0 aliphatic rings. The predicted molar refractivity (Wildman–Crippen MR) is 126 cm³/mol. The summed E-state index contributed by atoms with van der Waals surface area (Å²) in [4.78, 5) is 59.8. The smallest absolute Gasteiger partial charge is 0.328 e. The van der Waals surface area contributed by atoms with E-state index in [1.807, 2.05) is 0 Å². The Morgan fingerprint density at radius 3 is 2.29 bits per heavy atom. The maximum Gasteiger partial charge on any atom is 0.328 e. The molecule has 0 saturated heterocycles. The number of amides is 2. The van der Waals surface area contributed by atoms with Crippen molar-refractivity contribution in [3.05, 3.63) is 106 Å². The molecule has 2 N–H and O–H groups in total. The molecule has 0 aromatic heterocycles. The number of nitrogens with zero attached hydrogens (tertiary/aromatic N) is 1. The molecular formula is C25H21N3O7. The number of benzene rings is 3. The molecule has 0 aliphatic carbocycles. The van der Waals surface area contributed by atoms with Crippen LogP contribution < -0.4 is 10.6 Å². The van der Waals surface area contributed by atoms with Gasteiger partial charge in [-0.3, -0.25) is 24.5 Å². The minimum absolute atomic E-state index is 0.00344. The van der Waals surface area contributed by atoms with Gasteiger partial charge in [-0.25, -0.2) is 4.79 Å². The van der Waals surface area contributed by atoms with Crippen molar-refractivity contribution in [2.75, 3.05) is 11.9 Å². The SMILES string of the molecule is CC(NC(=O)c1cccc([N+](=O)[O-])c1)C(=O)OCC(=O)Nc1ccccc1C(=O)c1ccccc1. The summed E-state index contributed by atoms with van der Waals surface area (Å²) in [5.41, 5.74) is 0.714. The van der Waals surface area contributed by atoms with E-state index in [9.17, 15) is 29.3 Å². The Bertz CT molecular complexity index is 1270. The van der Waals surface area contributed by atoms with Crippen molar-refractivity contribution in [1.29, 1.82) is 0 Å². The summed E-state index contributed by atoms with van der Waals surface area (Å²) in [6.07, 6.45) is 0. The van der Waals surface area contributed by atoms with Crippen LogP contribution in [0.3, 0.4) is 0 Å². The monoisotopic (exact) mass is 475 g/mol. The molecule has 2 amide bonds. The first kappa shape index (κ1) is 24.8. The number of carbonyl (C=O) groups excluding carboxylic acids is 4. The quantitative estimate of drug-likeness (QED) is 0.209. The fourth-order valence-corrected chi connectivity index (χ4v) is 3.08.